The molecule has 3 fully saturated rings. The number of hydrogen-bond acceptors (Lipinski definition) is 6. The van der Waals surface area contributed by atoms with Gasteiger partial charge in [0.25, 0.3) is 11.8 Å². The molecule has 2 bridgehead atoms. The quantitative estimate of drug-likeness (QED) is 0.352. The van der Waals surface area contributed by atoms with Crippen molar-refractivity contribution in [1.82, 2.24) is 10.3 Å². The van der Waals surface area contributed by atoms with E-state index in [0.717, 1.165) is 31.5 Å². The Morgan fingerprint density at radius 3 is 2.31 bits per heavy atom. The first-order chi connectivity index (χ1) is 18.5. The van der Waals surface area contributed by atoms with Crippen molar-refractivity contribution >= 4 is 45.0 Å². The molecule has 8 nitrogen and oxygen atoms in total. The van der Waals surface area contributed by atoms with Gasteiger partial charge in [-0.3, -0.25) is 14.4 Å². The molecule has 4 N–H and O–H groups in total. The molecule has 2 aromatic rings. The number of pyridine rings is 1. The van der Waals surface area contributed by atoms with Gasteiger partial charge in [-0.1, -0.05) is 0 Å². The maximum atomic E-state index is 13.2. The number of piperidine rings is 1. The second kappa shape index (κ2) is 10.8. The smallest absolute Gasteiger partial charge is 0.384 e. The summed E-state index contributed by atoms with van der Waals surface area (Å²) in [5, 5.41) is 5.65. The number of nitrogens with two attached hydrogens (primary N) is 1. The number of alkyl halides is 3. The number of rotatable bonds is 9. The molecule has 3 atom stereocenters. The Balaban J connectivity index is 1.25. The van der Waals surface area contributed by atoms with Gasteiger partial charge in [0.05, 0.1) is 17.5 Å². The number of ketones is 1. The minimum Gasteiger partial charge on any atom is -0.384 e. The Morgan fingerprint density at radius 2 is 1.74 bits per heavy atom. The molecule has 1 aliphatic carbocycles. The van der Waals surface area contributed by atoms with Gasteiger partial charge in [0.1, 0.15) is 5.82 Å². The maximum Gasteiger partial charge on any atom is 0.390 e. The summed E-state index contributed by atoms with van der Waals surface area (Å²) < 4.78 is 38.2. The monoisotopic (exact) mass is 607 g/mol. The van der Waals surface area contributed by atoms with E-state index >= 15 is 0 Å². The molecule has 1 aromatic carbocycles. The largest absolute Gasteiger partial charge is 0.390 e. The Hall–Kier alpha value is -3.15. The summed E-state index contributed by atoms with van der Waals surface area (Å²) >= 11 is 3.30. The van der Waals surface area contributed by atoms with Crippen LogP contribution in [0.4, 0.5) is 24.7 Å². The van der Waals surface area contributed by atoms with Crippen LogP contribution in [-0.2, 0) is 0 Å². The summed E-state index contributed by atoms with van der Waals surface area (Å²) in [6.45, 7) is -0.460. The second-order valence-corrected chi connectivity index (χ2v) is 11.4. The van der Waals surface area contributed by atoms with E-state index in [0.29, 0.717) is 22.9 Å². The fourth-order valence-electron chi connectivity index (χ4n) is 5.63. The number of anilines is 2. The van der Waals surface area contributed by atoms with Crippen LogP contribution in [0, 0.1) is 5.92 Å². The molecular weight excluding hydrogens is 579 g/mol. The molecule has 12 heteroatoms. The number of nitrogens with zero attached hydrogens (tertiary/aromatic N) is 2. The molecule has 1 aromatic heterocycles. The van der Waals surface area contributed by atoms with Crippen LogP contribution in [0.15, 0.2) is 34.9 Å². The van der Waals surface area contributed by atoms with Crippen molar-refractivity contribution in [2.24, 2.45) is 11.7 Å². The zero-order valence-electron chi connectivity index (χ0n) is 21.1. The van der Waals surface area contributed by atoms with Gasteiger partial charge in [0, 0.05) is 52.5 Å². The van der Waals surface area contributed by atoms with E-state index in [1.54, 1.807) is 6.20 Å². The first-order valence-corrected chi connectivity index (χ1v) is 13.8. The number of amides is 2. The molecule has 3 aliphatic rings. The lowest BCUT2D eigenvalue weighted by molar-refractivity contribution is -0.131. The summed E-state index contributed by atoms with van der Waals surface area (Å²) in [7, 11) is 0. The topological polar surface area (TPSA) is 117 Å². The average molecular weight is 608 g/mol. The van der Waals surface area contributed by atoms with E-state index in [2.05, 4.69) is 36.4 Å². The van der Waals surface area contributed by atoms with Crippen LogP contribution in [0.2, 0.25) is 0 Å². The van der Waals surface area contributed by atoms with E-state index in [1.165, 1.54) is 12.1 Å². The Bertz CT molecular complexity index is 1270. The molecule has 3 heterocycles. The highest BCUT2D eigenvalue weighted by Gasteiger charge is 2.42. The number of aromatic nitrogens is 1. The van der Waals surface area contributed by atoms with Crippen molar-refractivity contribution in [2.75, 3.05) is 16.8 Å². The SMILES string of the molecule is NC(=O)c1cc(Br)c(C(=O)N[C@H]2C[C@H]3CC[C@@H](C2)N3c2ccc(C(=O)C3CC3)cn2)cc1NCCC(F)(F)F. The number of halogens is 4. The number of primary amides is 1. The maximum absolute atomic E-state index is 13.2. The van der Waals surface area contributed by atoms with Gasteiger partial charge in [-0.15, -0.1) is 0 Å². The Morgan fingerprint density at radius 1 is 1.05 bits per heavy atom. The number of fused-ring (bicyclic) bond motifs is 2. The highest BCUT2D eigenvalue weighted by atomic mass is 79.9. The molecule has 1 saturated carbocycles. The third-order valence-electron chi connectivity index (χ3n) is 7.65. The minimum absolute atomic E-state index is 0.00991. The molecule has 0 radical (unpaired) electrons. The first kappa shape index (κ1) is 27.4. The van der Waals surface area contributed by atoms with Crippen LogP contribution in [0.1, 0.15) is 76.0 Å². The molecular formula is C27H29BrF3N5O3. The molecule has 208 valence electrons. The third kappa shape index (κ3) is 6.21. The minimum atomic E-state index is -4.37. The van der Waals surface area contributed by atoms with Gasteiger partial charge < -0.3 is 21.3 Å². The van der Waals surface area contributed by atoms with E-state index in [9.17, 15) is 27.6 Å². The zero-order valence-corrected chi connectivity index (χ0v) is 22.6. The molecule has 39 heavy (non-hydrogen) atoms. The van der Waals surface area contributed by atoms with Gasteiger partial charge in [-0.05, 0) is 78.7 Å². The number of carbonyl (C=O) groups is 3. The molecule has 0 spiro atoms. The molecule has 5 rings (SSSR count). The molecule has 0 unspecified atom stereocenters. The van der Waals surface area contributed by atoms with Gasteiger partial charge in [0.2, 0.25) is 0 Å². The van der Waals surface area contributed by atoms with Crippen molar-refractivity contribution in [2.45, 2.75) is 69.2 Å². The van der Waals surface area contributed by atoms with Gasteiger partial charge in [-0.25, -0.2) is 4.98 Å². The number of carbonyl (C=O) groups excluding carboxylic acids is 3. The Labute approximate surface area is 232 Å². The van der Waals surface area contributed by atoms with Gasteiger partial charge in [0.15, 0.2) is 5.78 Å². The molecule has 2 amide bonds. The highest BCUT2D eigenvalue weighted by molar-refractivity contribution is 9.10. The predicted octanol–water partition coefficient (Wildman–Crippen LogP) is 4.83. The summed E-state index contributed by atoms with van der Waals surface area (Å²) in [6, 6.07) is 6.73. The fourth-order valence-corrected chi connectivity index (χ4v) is 6.16. The summed E-state index contributed by atoms with van der Waals surface area (Å²) in [5.74, 6) is -0.0755. The fraction of sp³-hybridized carbons (Fsp3) is 0.481. The number of Topliss-reactive ketones (excluding diaryl/α,β-unsaturated/α-hetero) is 1. The van der Waals surface area contributed by atoms with Crippen LogP contribution < -0.4 is 21.3 Å². The number of nitrogens with one attached hydrogen (secondary N) is 2. The second-order valence-electron chi connectivity index (χ2n) is 10.5. The van der Waals surface area contributed by atoms with E-state index in [1.807, 2.05) is 12.1 Å². The lowest BCUT2D eigenvalue weighted by Gasteiger charge is -2.40. The molecule has 2 aliphatic heterocycles. The van der Waals surface area contributed by atoms with E-state index in [-0.39, 0.29) is 46.6 Å². The summed E-state index contributed by atoms with van der Waals surface area (Å²) in [4.78, 5) is 44.3. The first-order valence-electron chi connectivity index (χ1n) is 13.0. The lowest BCUT2D eigenvalue weighted by Crippen LogP contribution is -2.50. The average Bonchev–Trinajstić information content (AvgIpc) is 3.68. The normalized spacial score (nSPS) is 22.5. The summed E-state index contributed by atoms with van der Waals surface area (Å²) in [6.07, 6.45) is 1.44. The predicted molar refractivity (Wildman–Crippen MR) is 143 cm³/mol. The van der Waals surface area contributed by atoms with Gasteiger partial charge >= 0.3 is 6.18 Å². The van der Waals surface area contributed by atoms with E-state index in [4.69, 9.17) is 5.73 Å². The number of hydrogen-bond donors (Lipinski definition) is 3. The lowest BCUT2D eigenvalue weighted by atomic mass is 9.96. The van der Waals surface area contributed by atoms with Crippen molar-refractivity contribution in [3.05, 3.63) is 51.6 Å². The van der Waals surface area contributed by atoms with Crippen LogP contribution in [-0.4, -0.2) is 53.4 Å². The van der Waals surface area contributed by atoms with Crippen LogP contribution >= 0.6 is 15.9 Å². The van der Waals surface area contributed by atoms with Crippen LogP contribution in [0.3, 0.4) is 0 Å². The zero-order chi connectivity index (χ0) is 27.9. The van der Waals surface area contributed by atoms with Crippen molar-refractivity contribution in [1.29, 1.82) is 0 Å². The van der Waals surface area contributed by atoms with Crippen molar-refractivity contribution in [3.63, 3.8) is 0 Å². The van der Waals surface area contributed by atoms with Crippen molar-refractivity contribution in [3.8, 4) is 0 Å². The van der Waals surface area contributed by atoms with Crippen molar-refractivity contribution < 1.29 is 27.6 Å². The molecule has 2 saturated heterocycles. The van der Waals surface area contributed by atoms with Gasteiger partial charge in [-0.2, -0.15) is 13.2 Å². The third-order valence-corrected chi connectivity index (χ3v) is 8.31. The number of benzene rings is 1. The Kier molecular flexibility index (Phi) is 7.58. The standard InChI is InChI=1S/C27H29BrF3N5O3/c28-21-11-20(25(32)38)22(33-8-7-27(29,30)31)12-19(21)26(39)35-16-9-17-4-5-18(10-16)36(17)23-6-3-15(13-34-23)24(37)14-1-2-14/h3,6,11-14,16-18,33H,1-2,4-5,7-10H2,(H2,32,38)(H,35,39)/t16-,17+,18-. The summed E-state index contributed by atoms with van der Waals surface area (Å²) in [5.41, 5.74) is 6.31. The van der Waals surface area contributed by atoms with Crippen LogP contribution in [0.5, 0.6) is 0 Å². The van der Waals surface area contributed by atoms with E-state index < -0.39 is 31.0 Å². The van der Waals surface area contributed by atoms with Crippen LogP contribution in [0.25, 0.3) is 0 Å². The highest BCUT2D eigenvalue weighted by Crippen LogP contribution is 2.39.